The standard InChI is InChI=1S/C26H31N5O4/c1-16(2)24(23-13-17(3)30-35-23)26(34)31-12-4-5-22(31)25(33)29-21(15-32)19-8-6-18(7-9-19)20-10-11-27-28-14-20/h6-11,13-14,16,21-22,24,32H,4-5,12,15H2,1-3H3,(H,29,33)/t21-,22-,24+/m0/s1. The molecule has 9 heteroatoms. The number of hydrogen-bond acceptors (Lipinski definition) is 7. The summed E-state index contributed by atoms with van der Waals surface area (Å²) in [5.74, 6) is -0.406. The van der Waals surface area contributed by atoms with Gasteiger partial charge in [0.05, 0.1) is 30.7 Å². The maximum Gasteiger partial charge on any atom is 0.243 e. The number of amides is 2. The maximum absolute atomic E-state index is 13.5. The van der Waals surface area contributed by atoms with E-state index in [1.165, 1.54) is 0 Å². The summed E-state index contributed by atoms with van der Waals surface area (Å²) in [5.41, 5.74) is 3.38. The molecule has 3 atom stereocenters. The largest absolute Gasteiger partial charge is 0.394 e. The summed E-state index contributed by atoms with van der Waals surface area (Å²) in [6.45, 7) is 5.98. The Morgan fingerprint density at radius 2 is 1.94 bits per heavy atom. The number of nitrogens with one attached hydrogen (secondary N) is 1. The minimum atomic E-state index is -0.594. The van der Waals surface area contributed by atoms with Crippen LogP contribution in [0.1, 0.15) is 55.7 Å². The van der Waals surface area contributed by atoms with Crippen LogP contribution in [0, 0.1) is 12.8 Å². The van der Waals surface area contributed by atoms with Crippen molar-refractivity contribution in [1.82, 2.24) is 25.6 Å². The Hall–Kier alpha value is -3.59. The van der Waals surface area contributed by atoms with Crippen LogP contribution in [-0.4, -0.2) is 56.4 Å². The van der Waals surface area contributed by atoms with E-state index in [1.54, 1.807) is 23.4 Å². The first-order valence-corrected chi connectivity index (χ1v) is 11.9. The van der Waals surface area contributed by atoms with Crippen molar-refractivity contribution < 1.29 is 19.2 Å². The molecule has 1 aliphatic heterocycles. The SMILES string of the molecule is Cc1cc([C@H](C(=O)N2CCC[C@H]2C(=O)N[C@@H](CO)c2ccc(-c3ccnnc3)cc2)C(C)C)on1. The average molecular weight is 478 g/mol. The fourth-order valence-corrected chi connectivity index (χ4v) is 4.62. The summed E-state index contributed by atoms with van der Waals surface area (Å²) in [6, 6.07) is 10.0. The molecule has 184 valence electrons. The Bertz CT molecular complexity index is 1150. The van der Waals surface area contributed by atoms with Crippen molar-refractivity contribution in [3.05, 3.63) is 65.8 Å². The van der Waals surface area contributed by atoms with Crippen molar-refractivity contribution in [1.29, 1.82) is 0 Å². The van der Waals surface area contributed by atoms with Crippen molar-refractivity contribution in [3.63, 3.8) is 0 Å². The van der Waals surface area contributed by atoms with Crippen LogP contribution in [0.2, 0.25) is 0 Å². The van der Waals surface area contributed by atoms with Crippen LogP contribution < -0.4 is 5.32 Å². The van der Waals surface area contributed by atoms with Gasteiger partial charge < -0.3 is 19.8 Å². The van der Waals surface area contributed by atoms with E-state index in [0.29, 0.717) is 24.4 Å². The van der Waals surface area contributed by atoms with E-state index in [2.05, 4.69) is 20.7 Å². The highest BCUT2D eigenvalue weighted by molar-refractivity contribution is 5.91. The lowest BCUT2D eigenvalue weighted by molar-refractivity contribution is -0.141. The Morgan fingerprint density at radius 3 is 2.54 bits per heavy atom. The summed E-state index contributed by atoms with van der Waals surface area (Å²) in [6.07, 6.45) is 4.62. The van der Waals surface area contributed by atoms with Crippen molar-refractivity contribution in [2.75, 3.05) is 13.2 Å². The molecule has 1 fully saturated rings. The van der Waals surface area contributed by atoms with E-state index in [1.807, 2.05) is 51.1 Å². The summed E-state index contributed by atoms with van der Waals surface area (Å²) >= 11 is 0. The number of carbonyl (C=O) groups excluding carboxylic acids is 2. The lowest BCUT2D eigenvalue weighted by atomic mass is 9.91. The Balaban J connectivity index is 1.47. The number of aryl methyl sites for hydroxylation is 1. The van der Waals surface area contributed by atoms with Crippen LogP contribution in [0.15, 0.2) is 53.3 Å². The summed E-state index contributed by atoms with van der Waals surface area (Å²) < 4.78 is 5.41. The maximum atomic E-state index is 13.5. The highest BCUT2D eigenvalue weighted by Crippen LogP contribution is 2.31. The lowest BCUT2D eigenvalue weighted by Gasteiger charge is -2.30. The molecule has 0 radical (unpaired) electrons. The van der Waals surface area contributed by atoms with E-state index in [0.717, 1.165) is 23.1 Å². The number of nitrogens with zero attached hydrogens (tertiary/aromatic N) is 4. The number of likely N-dealkylation sites (tertiary alicyclic amines) is 1. The first-order chi connectivity index (χ1) is 16.9. The Labute approximate surface area is 204 Å². The number of rotatable bonds is 8. The number of benzene rings is 1. The van der Waals surface area contributed by atoms with Gasteiger partial charge >= 0.3 is 0 Å². The molecule has 3 heterocycles. The molecule has 9 nitrogen and oxygen atoms in total. The average Bonchev–Trinajstić information content (AvgIpc) is 3.52. The van der Waals surface area contributed by atoms with Gasteiger partial charge in [-0.15, -0.1) is 0 Å². The molecule has 0 bridgehead atoms. The molecule has 1 saturated heterocycles. The van der Waals surface area contributed by atoms with E-state index in [4.69, 9.17) is 4.52 Å². The number of aliphatic hydroxyl groups is 1. The van der Waals surface area contributed by atoms with Crippen LogP contribution in [0.3, 0.4) is 0 Å². The quantitative estimate of drug-likeness (QED) is 0.511. The van der Waals surface area contributed by atoms with E-state index in [9.17, 15) is 14.7 Å². The van der Waals surface area contributed by atoms with Gasteiger partial charge in [-0.25, -0.2) is 0 Å². The molecule has 0 aliphatic carbocycles. The molecule has 2 aromatic heterocycles. The highest BCUT2D eigenvalue weighted by Gasteiger charge is 2.40. The molecule has 0 saturated carbocycles. The fourth-order valence-electron chi connectivity index (χ4n) is 4.62. The van der Waals surface area contributed by atoms with Gasteiger partial charge in [-0.3, -0.25) is 9.59 Å². The minimum absolute atomic E-state index is 0.0153. The zero-order valence-electron chi connectivity index (χ0n) is 20.2. The van der Waals surface area contributed by atoms with Crippen LogP contribution in [0.4, 0.5) is 0 Å². The summed E-state index contributed by atoms with van der Waals surface area (Å²) in [7, 11) is 0. The molecule has 2 N–H and O–H groups in total. The predicted octanol–water partition coefficient (Wildman–Crippen LogP) is 3.02. The van der Waals surface area contributed by atoms with Crippen LogP contribution in [-0.2, 0) is 9.59 Å². The third-order valence-corrected chi connectivity index (χ3v) is 6.45. The van der Waals surface area contributed by atoms with E-state index < -0.39 is 18.0 Å². The molecule has 2 amide bonds. The molecular weight excluding hydrogens is 446 g/mol. The molecule has 1 aromatic carbocycles. The second kappa shape index (κ2) is 10.8. The van der Waals surface area contributed by atoms with Crippen molar-refractivity contribution in [2.24, 2.45) is 5.92 Å². The van der Waals surface area contributed by atoms with Gasteiger partial charge in [0.15, 0.2) is 0 Å². The van der Waals surface area contributed by atoms with E-state index >= 15 is 0 Å². The fraction of sp³-hybridized carbons (Fsp3) is 0.423. The second-order valence-electron chi connectivity index (χ2n) is 9.28. The minimum Gasteiger partial charge on any atom is -0.394 e. The van der Waals surface area contributed by atoms with Gasteiger partial charge in [0, 0.05) is 18.2 Å². The van der Waals surface area contributed by atoms with Crippen molar-refractivity contribution in [2.45, 2.75) is 51.6 Å². The first kappa shape index (κ1) is 24.5. The van der Waals surface area contributed by atoms with E-state index in [-0.39, 0.29) is 24.3 Å². The first-order valence-electron chi connectivity index (χ1n) is 11.9. The van der Waals surface area contributed by atoms with Gasteiger partial charge in [0.2, 0.25) is 11.8 Å². The summed E-state index contributed by atoms with van der Waals surface area (Å²) in [5, 5.41) is 24.6. The van der Waals surface area contributed by atoms with Crippen LogP contribution in [0.5, 0.6) is 0 Å². The smallest absolute Gasteiger partial charge is 0.243 e. The van der Waals surface area contributed by atoms with Gasteiger partial charge in [0.25, 0.3) is 0 Å². The van der Waals surface area contributed by atoms with Gasteiger partial charge in [0.1, 0.15) is 17.7 Å². The zero-order valence-corrected chi connectivity index (χ0v) is 20.2. The highest BCUT2D eigenvalue weighted by atomic mass is 16.5. The molecular formula is C26H31N5O4. The number of aliphatic hydroxyl groups excluding tert-OH is 1. The molecule has 0 spiro atoms. The molecule has 3 aromatic rings. The normalized spacial score (nSPS) is 17.4. The number of hydrogen-bond donors (Lipinski definition) is 2. The molecule has 0 unspecified atom stereocenters. The summed E-state index contributed by atoms with van der Waals surface area (Å²) in [4.78, 5) is 28.4. The van der Waals surface area contributed by atoms with Crippen LogP contribution >= 0.6 is 0 Å². The van der Waals surface area contributed by atoms with Gasteiger partial charge in [-0.05, 0) is 42.9 Å². The Kier molecular flexibility index (Phi) is 7.55. The molecule has 4 rings (SSSR count). The second-order valence-corrected chi connectivity index (χ2v) is 9.28. The number of aromatic nitrogens is 3. The zero-order chi connectivity index (χ0) is 24.9. The monoisotopic (exact) mass is 477 g/mol. The predicted molar refractivity (Wildman–Crippen MR) is 129 cm³/mol. The topological polar surface area (TPSA) is 121 Å². The Morgan fingerprint density at radius 1 is 1.17 bits per heavy atom. The third kappa shape index (κ3) is 5.40. The van der Waals surface area contributed by atoms with Crippen molar-refractivity contribution in [3.8, 4) is 11.1 Å². The lowest BCUT2D eigenvalue weighted by Crippen LogP contribution is -2.49. The molecule has 35 heavy (non-hydrogen) atoms. The molecule has 1 aliphatic rings. The van der Waals surface area contributed by atoms with Gasteiger partial charge in [-0.2, -0.15) is 10.2 Å². The van der Waals surface area contributed by atoms with Gasteiger partial charge in [-0.1, -0.05) is 43.3 Å². The van der Waals surface area contributed by atoms with Crippen molar-refractivity contribution >= 4 is 11.8 Å². The third-order valence-electron chi connectivity index (χ3n) is 6.45. The number of carbonyl (C=O) groups is 2. The van der Waals surface area contributed by atoms with Crippen LogP contribution in [0.25, 0.3) is 11.1 Å².